The van der Waals surface area contributed by atoms with E-state index in [0.717, 1.165) is 12.8 Å². The van der Waals surface area contributed by atoms with E-state index in [-0.39, 0.29) is 0 Å². The molecule has 0 atom stereocenters. The Balaban J connectivity index is 1.65. The number of hydrogen-bond acceptors (Lipinski definition) is 0. The highest BCUT2D eigenvalue weighted by molar-refractivity contribution is 6.24. The molecule has 0 N–H and O–H groups in total. The maximum Gasteiger partial charge on any atom is -0.00195 e. The van der Waals surface area contributed by atoms with Crippen LogP contribution in [0.15, 0.2) is 109 Å². The van der Waals surface area contributed by atoms with E-state index >= 15 is 0 Å². The summed E-state index contributed by atoms with van der Waals surface area (Å²) in [6.07, 6.45) is 1.91. The Hall–Kier alpha value is -3.64. The molecule has 0 fully saturated rings. The van der Waals surface area contributed by atoms with Gasteiger partial charge in [0.2, 0.25) is 0 Å². The van der Waals surface area contributed by atoms with E-state index in [0.29, 0.717) is 0 Å². The summed E-state index contributed by atoms with van der Waals surface area (Å²) in [5.41, 5.74) is 5.55. The van der Waals surface area contributed by atoms with Crippen LogP contribution in [-0.2, 0) is 12.8 Å². The topological polar surface area (TPSA) is 0 Å². The van der Waals surface area contributed by atoms with Crippen molar-refractivity contribution < 1.29 is 0 Å². The standard InChI is InChI=1S/C30H22/c1-3-8-21(9-4-1)18-25-20-26(19-22-10-5-2-6-11-22)28-17-15-24-13-7-12-23-14-16-27(25)30(28)29(23)24/h1-17,20H,18-19H2. The Morgan fingerprint density at radius 3 is 1.40 bits per heavy atom. The van der Waals surface area contributed by atoms with Gasteiger partial charge in [0.05, 0.1) is 0 Å². The first kappa shape index (κ1) is 17.2. The maximum atomic E-state index is 2.45. The van der Waals surface area contributed by atoms with E-state index in [4.69, 9.17) is 0 Å². The van der Waals surface area contributed by atoms with E-state index in [1.165, 1.54) is 54.6 Å². The predicted molar refractivity (Wildman–Crippen MR) is 129 cm³/mol. The molecule has 0 heterocycles. The lowest BCUT2D eigenvalue weighted by molar-refractivity contribution is 1.17. The van der Waals surface area contributed by atoms with Gasteiger partial charge in [0, 0.05) is 0 Å². The zero-order valence-corrected chi connectivity index (χ0v) is 16.8. The summed E-state index contributed by atoms with van der Waals surface area (Å²) in [6, 6.07) is 40.0. The molecule has 0 aromatic heterocycles. The molecule has 0 saturated heterocycles. The molecular weight excluding hydrogens is 360 g/mol. The highest BCUT2D eigenvalue weighted by Gasteiger charge is 2.15. The molecule has 0 spiro atoms. The molecule has 0 aliphatic rings. The van der Waals surface area contributed by atoms with Gasteiger partial charge in [0.1, 0.15) is 0 Å². The van der Waals surface area contributed by atoms with Gasteiger partial charge in [-0.15, -0.1) is 0 Å². The molecule has 0 nitrogen and oxygen atoms in total. The fraction of sp³-hybridized carbons (Fsp3) is 0.0667. The zero-order valence-electron chi connectivity index (χ0n) is 16.8. The van der Waals surface area contributed by atoms with Crippen molar-refractivity contribution in [2.24, 2.45) is 0 Å². The Bertz CT molecular complexity index is 1350. The van der Waals surface area contributed by atoms with E-state index in [9.17, 15) is 0 Å². The Morgan fingerprint density at radius 1 is 0.400 bits per heavy atom. The first-order valence-electron chi connectivity index (χ1n) is 10.6. The van der Waals surface area contributed by atoms with Crippen molar-refractivity contribution in [1.29, 1.82) is 0 Å². The summed E-state index contributed by atoms with van der Waals surface area (Å²) < 4.78 is 0. The lowest BCUT2D eigenvalue weighted by atomic mass is 9.86. The zero-order chi connectivity index (χ0) is 19.9. The normalized spacial score (nSPS) is 11.6. The minimum atomic E-state index is 0.955. The van der Waals surface area contributed by atoms with Crippen LogP contribution in [0.2, 0.25) is 0 Å². The molecule has 0 heteroatoms. The van der Waals surface area contributed by atoms with Crippen LogP contribution in [0.25, 0.3) is 32.3 Å². The van der Waals surface area contributed by atoms with Gasteiger partial charge in [-0.2, -0.15) is 0 Å². The first-order chi connectivity index (χ1) is 14.9. The van der Waals surface area contributed by atoms with Crippen LogP contribution in [0.1, 0.15) is 22.3 Å². The Labute approximate surface area is 176 Å². The van der Waals surface area contributed by atoms with Crippen LogP contribution in [0.5, 0.6) is 0 Å². The quantitative estimate of drug-likeness (QED) is 0.273. The minimum absolute atomic E-state index is 0.955. The number of benzene rings is 6. The smallest absolute Gasteiger partial charge is 0.00195 e. The summed E-state index contributed by atoms with van der Waals surface area (Å²) in [5, 5.41) is 8.24. The van der Waals surface area contributed by atoms with Crippen LogP contribution in [0, 0.1) is 0 Å². The molecule has 30 heavy (non-hydrogen) atoms. The fourth-order valence-electron chi connectivity index (χ4n) is 4.91. The van der Waals surface area contributed by atoms with Crippen LogP contribution in [0.4, 0.5) is 0 Å². The van der Waals surface area contributed by atoms with Gasteiger partial charge >= 0.3 is 0 Å². The van der Waals surface area contributed by atoms with Crippen molar-refractivity contribution in [3.05, 3.63) is 131 Å². The molecular formula is C30H22. The molecule has 0 saturated carbocycles. The van der Waals surface area contributed by atoms with E-state index in [1.807, 2.05) is 0 Å². The summed E-state index contributed by atoms with van der Waals surface area (Å²) in [5.74, 6) is 0. The lowest BCUT2D eigenvalue weighted by Crippen LogP contribution is -1.98. The van der Waals surface area contributed by atoms with Gasteiger partial charge in [-0.1, -0.05) is 109 Å². The minimum Gasteiger partial charge on any atom is -0.0622 e. The van der Waals surface area contributed by atoms with Crippen molar-refractivity contribution in [3.63, 3.8) is 0 Å². The second kappa shape index (κ2) is 7.00. The summed E-state index contributed by atoms with van der Waals surface area (Å²) >= 11 is 0. The van der Waals surface area contributed by atoms with Crippen LogP contribution in [0.3, 0.4) is 0 Å². The molecule has 6 rings (SSSR count). The van der Waals surface area contributed by atoms with Gasteiger partial charge in [-0.25, -0.2) is 0 Å². The first-order valence-corrected chi connectivity index (χ1v) is 10.6. The third-order valence-corrected chi connectivity index (χ3v) is 6.29. The van der Waals surface area contributed by atoms with Gasteiger partial charge in [-0.05, 0) is 67.4 Å². The van der Waals surface area contributed by atoms with Crippen LogP contribution in [-0.4, -0.2) is 0 Å². The SMILES string of the molecule is c1ccc(Cc2cc(Cc3ccccc3)c3ccc4cccc5ccc2c3c54)cc1. The Kier molecular flexibility index (Phi) is 4.02. The second-order valence-corrected chi connectivity index (χ2v) is 8.20. The molecule has 0 bridgehead atoms. The Morgan fingerprint density at radius 2 is 0.900 bits per heavy atom. The molecule has 6 aromatic rings. The third kappa shape index (κ3) is 2.84. The van der Waals surface area contributed by atoms with Crippen molar-refractivity contribution in [1.82, 2.24) is 0 Å². The summed E-state index contributed by atoms with van der Waals surface area (Å²) in [6.45, 7) is 0. The highest BCUT2D eigenvalue weighted by Crippen LogP contribution is 2.39. The molecule has 0 aliphatic heterocycles. The summed E-state index contributed by atoms with van der Waals surface area (Å²) in [4.78, 5) is 0. The summed E-state index contributed by atoms with van der Waals surface area (Å²) in [7, 11) is 0. The van der Waals surface area contributed by atoms with Crippen molar-refractivity contribution >= 4 is 32.3 Å². The molecule has 0 amide bonds. The molecule has 0 radical (unpaired) electrons. The van der Waals surface area contributed by atoms with Gasteiger partial charge < -0.3 is 0 Å². The van der Waals surface area contributed by atoms with Crippen LogP contribution < -0.4 is 0 Å². The largest absolute Gasteiger partial charge is 0.0622 e. The molecule has 6 aromatic carbocycles. The molecule has 142 valence electrons. The lowest BCUT2D eigenvalue weighted by Gasteiger charge is -2.18. The van der Waals surface area contributed by atoms with Crippen molar-refractivity contribution in [2.45, 2.75) is 12.8 Å². The van der Waals surface area contributed by atoms with Gasteiger partial charge in [0.15, 0.2) is 0 Å². The average Bonchev–Trinajstić information content (AvgIpc) is 2.80. The van der Waals surface area contributed by atoms with E-state index in [2.05, 4.69) is 109 Å². The van der Waals surface area contributed by atoms with E-state index < -0.39 is 0 Å². The van der Waals surface area contributed by atoms with Crippen LogP contribution >= 0.6 is 0 Å². The molecule has 0 unspecified atom stereocenters. The molecule has 0 aliphatic carbocycles. The van der Waals surface area contributed by atoms with Gasteiger partial charge in [0.25, 0.3) is 0 Å². The third-order valence-electron chi connectivity index (χ3n) is 6.29. The highest BCUT2D eigenvalue weighted by atomic mass is 14.2. The average molecular weight is 383 g/mol. The predicted octanol–water partition coefficient (Wildman–Crippen LogP) is 7.77. The number of rotatable bonds is 4. The second-order valence-electron chi connectivity index (χ2n) is 8.20. The van der Waals surface area contributed by atoms with Crippen molar-refractivity contribution in [2.75, 3.05) is 0 Å². The van der Waals surface area contributed by atoms with Crippen molar-refractivity contribution in [3.8, 4) is 0 Å². The fourth-order valence-corrected chi connectivity index (χ4v) is 4.91. The maximum absolute atomic E-state index is 2.45. The monoisotopic (exact) mass is 382 g/mol. The van der Waals surface area contributed by atoms with Gasteiger partial charge in [-0.3, -0.25) is 0 Å². The van der Waals surface area contributed by atoms with E-state index in [1.54, 1.807) is 0 Å². The number of hydrogen-bond donors (Lipinski definition) is 0.